The van der Waals surface area contributed by atoms with Crippen molar-refractivity contribution in [3.8, 4) is 0 Å². The number of nitrogens with zero attached hydrogens (tertiary/aromatic N) is 3. The number of methoxy groups -OCH3 is 1. The average Bonchev–Trinajstić information content (AvgIpc) is 3.07. The van der Waals surface area contributed by atoms with Crippen molar-refractivity contribution in [3.63, 3.8) is 0 Å². The van der Waals surface area contributed by atoms with Crippen LogP contribution < -0.4 is 5.32 Å². The number of hydrogen-bond acceptors (Lipinski definition) is 6. The van der Waals surface area contributed by atoms with Crippen molar-refractivity contribution in [1.82, 2.24) is 20.3 Å². The van der Waals surface area contributed by atoms with E-state index in [-0.39, 0.29) is 30.4 Å². The van der Waals surface area contributed by atoms with Crippen molar-refractivity contribution in [2.24, 2.45) is 0 Å². The van der Waals surface area contributed by atoms with Crippen LogP contribution in [0.1, 0.15) is 21.1 Å². The van der Waals surface area contributed by atoms with Crippen LogP contribution in [0.15, 0.2) is 17.5 Å². The summed E-state index contributed by atoms with van der Waals surface area (Å²) in [5, 5.41) is 20.9. The number of amides is 1. The van der Waals surface area contributed by atoms with Gasteiger partial charge >= 0.3 is 5.97 Å². The largest absolute Gasteiger partial charge is 0.476 e. The van der Waals surface area contributed by atoms with Gasteiger partial charge < -0.3 is 15.2 Å². The lowest BCUT2D eigenvalue weighted by atomic mass is 10.3. The van der Waals surface area contributed by atoms with Crippen LogP contribution in [0, 0.1) is 0 Å². The second-order valence-corrected chi connectivity index (χ2v) is 5.17. The Morgan fingerprint density at radius 2 is 2.33 bits per heavy atom. The molecule has 8 nitrogen and oxygen atoms in total. The first kappa shape index (κ1) is 15.1. The lowest BCUT2D eigenvalue weighted by molar-refractivity contribution is -0.122. The molecule has 0 unspecified atom stereocenters. The van der Waals surface area contributed by atoms with Gasteiger partial charge in [-0.05, 0) is 11.4 Å². The van der Waals surface area contributed by atoms with Gasteiger partial charge in [0.25, 0.3) is 0 Å². The van der Waals surface area contributed by atoms with Gasteiger partial charge in [0.1, 0.15) is 6.54 Å². The highest BCUT2D eigenvalue weighted by atomic mass is 32.1. The van der Waals surface area contributed by atoms with E-state index in [4.69, 9.17) is 9.84 Å². The van der Waals surface area contributed by atoms with Gasteiger partial charge in [-0.1, -0.05) is 11.3 Å². The van der Waals surface area contributed by atoms with Crippen LogP contribution in [0.2, 0.25) is 0 Å². The van der Waals surface area contributed by atoms with Crippen molar-refractivity contribution in [3.05, 3.63) is 33.8 Å². The fourth-order valence-corrected chi connectivity index (χ4v) is 2.34. The number of thiophene rings is 1. The Balaban J connectivity index is 2.01. The van der Waals surface area contributed by atoms with E-state index in [1.165, 1.54) is 11.8 Å². The molecule has 0 saturated carbocycles. The lowest BCUT2D eigenvalue weighted by Crippen LogP contribution is -2.28. The summed E-state index contributed by atoms with van der Waals surface area (Å²) in [5.41, 5.74) is 0.0548. The molecule has 0 atom stereocenters. The quantitative estimate of drug-likeness (QED) is 0.771. The third-order valence-electron chi connectivity index (χ3n) is 2.65. The number of carbonyl (C=O) groups is 2. The van der Waals surface area contributed by atoms with Crippen LogP contribution in [0.25, 0.3) is 0 Å². The second kappa shape index (κ2) is 6.95. The van der Waals surface area contributed by atoms with E-state index in [0.717, 1.165) is 4.88 Å². The summed E-state index contributed by atoms with van der Waals surface area (Å²) in [7, 11) is 1.43. The highest BCUT2D eigenvalue weighted by molar-refractivity contribution is 7.09. The molecule has 9 heteroatoms. The van der Waals surface area contributed by atoms with E-state index in [1.54, 1.807) is 11.3 Å². The molecule has 2 N–H and O–H groups in total. The van der Waals surface area contributed by atoms with Crippen molar-refractivity contribution < 1.29 is 19.4 Å². The summed E-state index contributed by atoms with van der Waals surface area (Å²) in [6.45, 7) is 0.341. The normalized spacial score (nSPS) is 10.5. The van der Waals surface area contributed by atoms with Crippen LogP contribution >= 0.6 is 11.3 Å². The fraction of sp³-hybridized carbons (Fsp3) is 0.333. The molecule has 0 fully saturated rings. The second-order valence-electron chi connectivity index (χ2n) is 4.14. The van der Waals surface area contributed by atoms with Crippen molar-refractivity contribution in [2.75, 3.05) is 7.11 Å². The first-order chi connectivity index (χ1) is 10.1. The Morgan fingerprint density at radius 1 is 1.52 bits per heavy atom. The number of rotatable bonds is 7. The Morgan fingerprint density at radius 3 is 2.95 bits per heavy atom. The van der Waals surface area contributed by atoms with Gasteiger partial charge in [-0.3, -0.25) is 4.79 Å². The molecule has 2 aromatic rings. The molecule has 0 radical (unpaired) electrons. The number of carboxylic acids is 1. The van der Waals surface area contributed by atoms with Gasteiger partial charge in [-0.25, -0.2) is 9.48 Å². The van der Waals surface area contributed by atoms with Crippen LogP contribution in [-0.2, 0) is 29.2 Å². The predicted octanol–water partition coefficient (Wildman–Crippen LogP) is 0.501. The number of carboxylic acid groups (broad SMARTS) is 1. The van der Waals surface area contributed by atoms with E-state index >= 15 is 0 Å². The molecule has 0 aliphatic rings. The highest BCUT2D eigenvalue weighted by Crippen LogP contribution is 2.09. The van der Waals surface area contributed by atoms with Gasteiger partial charge in [0.15, 0.2) is 5.69 Å². The zero-order valence-corrected chi connectivity index (χ0v) is 12.1. The molecule has 0 bridgehead atoms. The summed E-state index contributed by atoms with van der Waals surface area (Å²) < 4.78 is 6.16. The topological polar surface area (TPSA) is 106 Å². The maximum absolute atomic E-state index is 11.9. The molecular weight excluding hydrogens is 296 g/mol. The molecule has 0 aliphatic heterocycles. The molecule has 21 heavy (non-hydrogen) atoms. The minimum absolute atomic E-state index is 0.0207. The SMILES string of the molecule is COCc1c(C(=O)O)nnn1CC(=O)NCc1cccs1. The number of ether oxygens (including phenoxy) is 1. The zero-order chi connectivity index (χ0) is 15.2. The Labute approximate surface area is 124 Å². The number of carbonyl (C=O) groups excluding carboxylic acids is 1. The minimum Gasteiger partial charge on any atom is -0.476 e. The van der Waals surface area contributed by atoms with Gasteiger partial charge in [-0.2, -0.15) is 0 Å². The van der Waals surface area contributed by atoms with E-state index in [1.807, 2.05) is 17.5 Å². The number of hydrogen-bond donors (Lipinski definition) is 2. The van der Waals surface area contributed by atoms with Crippen LogP contribution in [0.5, 0.6) is 0 Å². The van der Waals surface area contributed by atoms with Crippen LogP contribution in [0.3, 0.4) is 0 Å². The maximum Gasteiger partial charge on any atom is 0.358 e. The molecule has 2 aromatic heterocycles. The van der Waals surface area contributed by atoms with Crippen LogP contribution in [0.4, 0.5) is 0 Å². The van der Waals surface area contributed by atoms with Crippen molar-refractivity contribution >= 4 is 23.2 Å². The number of aromatic nitrogens is 3. The van der Waals surface area contributed by atoms with Crippen LogP contribution in [-0.4, -0.2) is 39.1 Å². The Bertz CT molecular complexity index is 623. The summed E-state index contributed by atoms with van der Waals surface area (Å²) in [6.07, 6.45) is 0. The Hall–Kier alpha value is -2.26. The number of nitrogens with one attached hydrogen (secondary N) is 1. The summed E-state index contributed by atoms with van der Waals surface area (Å²) in [6, 6.07) is 3.82. The molecule has 1 amide bonds. The van der Waals surface area contributed by atoms with E-state index in [9.17, 15) is 9.59 Å². The third kappa shape index (κ3) is 3.86. The smallest absolute Gasteiger partial charge is 0.358 e. The first-order valence-electron chi connectivity index (χ1n) is 6.05. The molecule has 2 heterocycles. The summed E-state index contributed by atoms with van der Waals surface area (Å²) in [5.74, 6) is -1.48. The minimum atomic E-state index is -1.20. The lowest BCUT2D eigenvalue weighted by Gasteiger charge is -2.07. The van der Waals surface area contributed by atoms with Crippen molar-refractivity contribution in [1.29, 1.82) is 0 Å². The monoisotopic (exact) mass is 310 g/mol. The Kier molecular flexibility index (Phi) is 5.01. The van der Waals surface area contributed by atoms with E-state index in [0.29, 0.717) is 6.54 Å². The number of aromatic carboxylic acids is 1. The standard InChI is InChI=1S/C12H14N4O4S/c1-20-7-9-11(12(18)19)14-15-16(9)6-10(17)13-5-8-3-2-4-21-8/h2-4H,5-7H2,1H3,(H,13,17)(H,18,19). The predicted molar refractivity (Wildman–Crippen MR) is 73.9 cm³/mol. The van der Waals surface area contributed by atoms with Gasteiger partial charge in [0, 0.05) is 12.0 Å². The van der Waals surface area contributed by atoms with Crippen molar-refractivity contribution in [2.45, 2.75) is 19.7 Å². The highest BCUT2D eigenvalue weighted by Gasteiger charge is 2.20. The average molecular weight is 310 g/mol. The summed E-state index contributed by atoms with van der Waals surface area (Å²) in [4.78, 5) is 23.9. The molecule has 0 spiro atoms. The summed E-state index contributed by atoms with van der Waals surface area (Å²) >= 11 is 1.54. The zero-order valence-electron chi connectivity index (χ0n) is 11.3. The van der Waals surface area contributed by atoms with E-state index in [2.05, 4.69) is 15.6 Å². The molecule has 2 rings (SSSR count). The van der Waals surface area contributed by atoms with Gasteiger partial charge in [0.05, 0.1) is 18.8 Å². The third-order valence-corrected chi connectivity index (χ3v) is 3.53. The molecule has 0 aliphatic carbocycles. The van der Waals surface area contributed by atoms with Gasteiger partial charge in [0.2, 0.25) is 5.91 Å². The molecule has 0 saturated heterocycles. The van der Waals surface area contributed by atoms with Gasteiger partial charge in [-0.15, -0.1) is 16.4 Å². The first-order valence-corrected chi connectivity index (χ1v) is 6.93. The molecular formula is C12H14N4O4S. The molecule has 0 aromatic carbocycles. The van der Waals surface area contributed by atoms with E-state index < -0.39 is 5.97 Å². The molecule has 112 valence electrons. The fourth-order valence-electron chi connectivity index (χ4n) is 1.70. The maximum atomic E-state index is 11.9.